The molecule has 0 spiro atoms. The number of aromatic nitrogens is 1. The summed E-state index contributed by atoms with van der Waals surface area (Å²) >= 11 is 0. The molecular formula is C18H22N2O5. The summed E-state index contributed by atoms with van der Waals surface area (Å²) in [5, 5.41) is 19.9. The molecule has 1 saturated heterocycles. The van der Waals surface area contributed by atoms with Crippen molar-refractivity contribution in [2.24, 2.45) is 11.3 Å². The van der Waals surface area contributed by atoms with Gasteiger partial charge in [-0.2, -0.15) is 0 Å². The first-order chi connectivity index (χ1) is 11.7. The summed E-state index contributed by atoms with van der Waals surface area (Å²) in [7, 11) is 0. The molecule has 1 amide bonds. The molecule has 3 heterocycles. The molecule has 3 atom stereocenters. The Balaban J connectivity index is 1.72. The summed E-state index contributed by atoms with van der Waals surface area (Å²) in [6.45, 7) is 5.49. The molecular weight excluding hydrogens is 324 g/mol. The van der Waals surface area contributed by atoms with Crippen molar-refractivity contribution in [3.63, 3.8) is 0 Å². The second-order valence-electron chi connectivity index (χ2n) is 7.44. The molecule has 1 aromatic heterocycles. The maximum Gasteiger partial charge on any atom is 0.356 e. The van der Waals surface area contributed by atoms with E-state index in [4.69, 9.17) is 4.74 Å². The zero-order valence-electron chi connectivity index (χ0n) is 14.5. The van der Waals surface area contributed by atoms with Gasteiger partial charge in [-0.15, -0.1) is 0 Å². The van der Waals surface area contributed by atoms with Crippen molar-refractivity contribution in [1.29, 1.82) is 0 Å². The lowest BCUT2D eigenvalue weighted by atomic mass is 9.86. The molecule has 0 unspecified atom stereocenters. The van der Waals surface area contributed by atoms with E-state index in [-0.39, 0.29) is 11.5 Å². The fourth-order valence-electron chi connectivity index (χ4n) is 3.27. The number of ether oxygens (including phenoxy) is 1. The number of aliphatic carboxylic acids is 1. The van der Waals surface area contributed by atoms with E-state index in [1.54, 1.807) is 12.4 Å². The zero-order valence-corrected chi connectivity index (χ0v) is 14.5. The number of amides is 1. The van der Waals surface area contributed by atoms with Crippen LogP contribution in [0.2, 0.25) is 0 Å². The highest BCUT2D eigenvalue weighted by molar-refractivity contribution is 5.98. The van der Waals surface area contributed by atoms with Crippen LogP contribution in [0, 0.1) is 11.3 Å². The molecule has 7 heteroatoms. The summed E-state index contributed by atoms with van der Waals surface area (Å²) in [6, 6.07) is 3.71. The van der Waals surface area contributed by atoms with Crippen LogP contribution < -0.4 is 0 Å². The number of aryl methyl sites for hydroxylation is 1. The number of rotatable bonds is 5. The van der Waals surface area contributed by atoms with Crippen molar-refractivity contribution < 1.29 is 24.5 Å². The highest BCUT2D eigenvalue weighted by Gasteiger charge is 2.60. The molecule has 7 nitrogen and oxygen atoms in total. The number of hydrogen-bond donors (Lipinski definition) is 2. The summed E-state index contributed by atoms with van der Waals surface area (Å²) in [5.41, 5.74) is 0.363. The molecule has 2 N–H and O–H groups in total. The lowest BCUT2D eigenvalue weighted by Gasteiger charge is -2.43. The lowest BCUT2D eigenvalue weighted by molar-refractivity contribution is -0.184. The number of β-lactam (4-membered cyclic amide) rings is 1. The fourth-order valence-corrected chi connectivity index (χ4v) is 3.27. The van der Waals surface area contributed by atoms with Gasteiger partial charge < -0.3 is 14.9 Å². The summed E-state index contributed by atoms with van der Waals surface area (Å²) in [6.07, 6.45) is 2.72. The Bertz CT molecular complexity index is 723. The van der Waals surface area contributed by atoms with Crippen LogP contribution in [0.4, 0.5) is 0 Å². The molecule has 0 saturated carbocycles. The van der Waals surface area contributed by atoms with E-state index in [0.717, 1.165) is 10.5 Å². The second-order valence-corrected chi connectivity index (χ2v) is 7.44. The summed E-state index contributed by atoms with van der Waals surface area (Å²) in [4.78, 5) is 29.1. The molecule has 0 radical (unpaired) electrons. The van der Waals surface area contributed by atoms with Crippen molar-refractivity contribution >= 4 is 11.9 Å². The summed E-state index contributed by atoms with van der Waals surface area (Å²) < 4.78 is 5.79. The average Bonchev–Trinajstić information content (AvgIpc) is 2.89. The Morgan fingerprint density at radius 1 is 1.36 bits per heavy atom. The molecule has 0 aromatic carbocycles. The third-order valence-electron chi connectivity index (χ3n) is 4.56. The van der Waals surface area contributed by atoms with Gasteiger partial charge in [-0.3, -0.25) is 14.7 Å². The first-order valence-corrected chi connectivity index (χ1v) is 8.26. The van der Waals surface area contributed by atoms with Crippen LogP contribution in [0.15, 0.2) is 36.0 Å². The van der Waals surface area contributed by atoms with Crippen LogP contribution in [-0.2, 0) is 20.7 Å². The van der Waals surface area contributed by atoms with E-state index in [2.05, 4.69) is 4.98 Å². The Morgan fingerprint density at radius 2 is 2.00 bits per heavy atom. The quantitative estimate of drug-likeness (QED) is 0.785. The number of allylic oxidation sites excluding steroid dienone is 1. The minimum Gasteiger partial charge on any atom is -0.476 e. The third kappa shape index (κ3) is 3.00. The van der Waals surface area contributed by atoms with Crippen molar-refractivity contribution in [3.8, 4) is 0 Å². The molecule has 0 bridgehead atoms. The predicted molar refractivity (Wildman–Crippen MR) is 87.9 cm³/mol. The van der Waals surface area contributed by atoms with Crippen LogP contribution in [-0.4, -0.2) is 44.3 Å². The highest BCUT2D eigenvalue weighted by atomic mass is 16.5. The SMILES string of the molecule is CC(C)(C)C1=C(C(=O)O)N2C(=O)[C@H]([C@H](O)CCc3ccncc3)[C@@H]2O1. The van der Waals surface area contributed by atoms with Crippen molar-refractivity contribution in [3.05, 3.63) is 41.5 Å². The number of aliphatic hydroxyl groups is 1. The number of carboxylic acids is 1. The van der Waals surface area contributed by atoms with Crippen molar-refractivity contribution in [2.75, 3.05) is 0 Å². The standard InChI is InChI=1S/C18H22N2O5/c1-18(2,3)14-13(17(23)24)20-15(22)12(16(20)25-14)11(21)5-4-10-6-8-19-9-7-10/h6-9,11-12,16,21H,4-5H2,1-3H3,(H,23,24)/t11-,12+,16+/m1/s1. The van der Waals surface area contributed by atoms with Gasteiger partial charge >= 0.3 is 5.97 Å². The maximum atomic E-state index is 12.5. The van der Waals surface area contributed by atoms with E-state index in [0.29, 0.717) is 12.8 Å². The number of carbonyl (C=O) groups is 2. The van der Waals surface area contributed by atoms with Gasteiger partial charge in [0, 0.05) is 17.8 Å². The van der Waals surface area contributed by atoms with Crippen LogP contribution in [0.3, 0.4) is 0 Å². The summed E-state index contributed by atoms with van der Waals surface area (Å²) in [5.74, 6) is -2.05. The van der Waals surface area contributed by atoms with Gasteiger partial charge in [0.15, 0.2) is 11.9 Å². The van der Waals surface area contributed by atoms with Gasteiger partial charge in [-0.1, -0.05) is 20.8 Å². The van der Waals surface area contributed by atoms with Gasteiger partial charge in [-0.25, -0.2) is 4.79 Å². The van der Waals surface area contributed by atoms with E-state index in [1.165, 1.54) is 0 Å². The van der Waals surface area contributed by atoms with Gasteiger partial charge in [0.25, 0.3) is 0 Å². The normalized spacial score (nSPS) is 23.8. The first kappa shape index (κ1) is 17.4. The van der Waals surface area contributed by atoms with Crippen molar-refractivity contribution in [1.82, 2.24) is 9.88 Å². The third-order valence-corrected chi connectivity index (χ3v) is 4.56. The van der Waals surface area contributed by atoms with Gasteiger partial charge in [0.1, 0.15) is 11.7 Å². The van der Waals surface area contributed by atoms with Crippen LogP contribution >= 0.6 is 0 Å². The Labute approximate surface area is 145 Å². The molecule has 1 aromatic rings. The molecule has 2 aliphatic heterocycles. The van der Waals surface area contributed by atoms with Crippen LogP contribution in [0.25, 0.3) is 0 Å². The monoisotopic (exact) mass is 346 g/mol. The van der Waals surface area contributed by atoms with E-state index < -0.39 is 35.5 Å². The topological polar surface area (TPSA) is 100.0 Å². The van der Waals surface area contributed by atoms with E-state index >= 15 is 0 Å². The molecule has 134 valence electrons. The highest BCUT2D eigenvalue weighted by Crippen LogP contribution is 2.47. The Hall–Kier alpha value is -2.41. The first-order valence-electron chi connectivity index (χ1n) is 8.26. The Morgan fingerprint density at radius 3 is 2.56 bits per heavy atom. The Kier molecular flexibility index (Phi) is 4.28. The number of hydrogen-bond acceptors (Lipinski definition) is 5. The molecule has 1 fully saturated rings. The minimum atomic E-state index is -1.19. The number of pyridine rings is 1. The number of fused-ring (bicyclic) bond motifs is 1. The fraction of sp³-hybridized carbons (Fsp3) is 0.500. The number of aliphatic hydroxyl groups excluding tert-OH is 1. The van der Waals surface area contributed by atoms with Crippen molar-refractivity contribution in [2.45, 2.75) is 45.9 Å². The largest absolute Gasteiger partial charge is 0.476 e. The number of nitrogens with zero attached hydrogens (tertiary/aromatic N) is 2. The van der Waals surface area contributed by atoms with Crippen LogP contribution in [0.1, 0.15) is 32.8 Å². The lowest BCUT2D eigenvalue weighted by Crippen LogP contribution is -2.63. The average molecular weight is 346 g/mol. The van der Waals surface area contributed by atoms with E-state index in [9.17, 15) is 19.8 Å². The van der Waals surface area contributed by atoms with Gasteiger partial charge in [-0.05, 0) is 30.5 Å². The van der Waals surface area contributed by atoms with Gasteiger partial charge in [0.2, 0.25) is 5.91 Å². The van der Waals surface area contributed by atoms with Crippen LogP contribution in [0.5, 0.6) is 0 Å². The molecule has 2 aliphatic rings. The molecule has 25 heavy (non-hydrogen) atoms. The molecule has 3 rings (SSSR count). The maximum absolute atomic E-state index is 12.5. The number of carbonyl (C=O) groups excluding carboxylic acids is 1. The second kappa shape index (κ2) is 6.15. The zero-order chi connectivity index (χ0) is 18.4. The predicted octanol–water partition coefficient (Wildman–Crippen LogP) is 1.53. The smallest absolute Gasteiger partial charge is 0.356 e. The molecule has 0 aliphatic carbocycles. The number of carboxylic acid groups (broad SMARTS) is 1. The minimum absolute atomic E-state index is 0.111. The van der Waals surface area contributed by atoms with E-state index in [1.807, 2.05) is 32.9 Å². The van der Waals surface area contributed by atoms with Gasteiger partial charge in [0.05, 0.1) is 6.10 Å².